The Morgan fingerprint density at radius 2 is 2.07 bits per heavy atom. The molecule has 0 amide bonds. The van der Waals surface area contributed by atoms with E-state index < -0.39 is 18.6 Å². The van der Waals surface area contributed by atoms with Crippen LogP contribution in [0.1, 0.15) is 23.4 Å². The van der Waals surface area contributed by atoms with Crippen LogP contribution in [0.2, 0.25) is 0 Å². The Hall–Kier alpha value is -1.27. The normalized spacial score (nSPS) is 10.9. The molecular formula is C8H10F2N2O2. The Bertz CT molecular complexity index is 331. The smallest absolute Gasteiger partial charge is 0.265 e. The third-order valence-corrected chi connectivity index (χ3v) is 1.77. The van der Waals surface area contributed by atoms with E-state index in [1.54, 1.807) is 0 Å². The van der Waals surface area contributed by atoms with Gasteiger partial charge < -0.3 is 15.9 Å². The highest BCUT2D eigenvalue weighted by Crippen LogP contribution is 2.27. The van der Waals surface area contributed by atoms with Gasteiger partial charge in [-0.05, 0) is 6.07 Å². The first kappa shape index (κ1) is 10.8. The standard InChI is InChI=1S/C8H10F2N2O2/c9-8(10)4-1-7(14)5(2-11)12-6(4)3-13/h1,8,13-14H,2-3,11H2. The van der Waals surface area contributed by atoms with Gasteiger partial charge in [-0.1, -0.05) is 0 Å². The number of aliphatic hydroxyl groups excluding tert-OH is 1. The second kappa shape index (κ2) is 4.30. The van der Waals surface area contributed by atoms with Crippen molar-refractivity contribution < 1.29 is 19.0 Å². The molecule has 4 N–H and O–H groups in total. The number of aliphatic hydroxyl groups is 1. The minimum atomic E-state index is -2.78. The van der Waals surface area contributed by atoms with Crippen molar-refractivity contribution in [1.29, 1.82) is 0 Å². The van der Waals surface area contributed by atoms with Gasteiger partial charge in [-0.2, -0.15) is 0 Å². The molecule has 4 nitrogen and oxygen atoms in total. The number of aromatic nitrogens is 1. The van der Waals surface area contributed by atoms with Crippen LogP contribution in [0.5, 0.6) is 5.75 Å². The molecule has 0 bridgehead atoms. The Kier molecular flexibility index (Phi) is 3.32. The van der Waals surface area contributed by atoms with E-state index in [9.17, 15) is 13.9 Å². The molecule has 0 aliphatic rings. The highest BCUT2D eigenvalue weighted by atomic mass is 19.3. The van der Waals surface area contributed by atoms with Crippen LogP contribution in [0.3, 0.4) is 0 Å². The summed E-state index contributed by atoms with van der Waals surface area (Å²) in [6, 6.07) is 0.880. The minimum absolute atomic E-state index is 0.0671. The highest BCUT2D eigenvalue weighted by molar-refractivity contribution is 5.35. The van der Waals surface area contributed by atoms with Gasteiger partial charge >= 0.3 is 0 Å². The third kappa shape index (κ3) is 1.97. The molecule has 1 aromatic heterocycles. The fourth-order valence-corrected chi connectivity index (χ4v) is 1.06. The number of aromatic hydroxyl groups is 1. The molecule has 0 aliphatic heterocycles. The summed E-state index contributed by atoms with van der Waals surface area (Å²) in [6.07, 6.45) is -2.78. The van der Waals surface area contributed by atoms with Gasteiger partial charge in [0.1, 0.15) is 5.75 Å². The average Bonchev–Trinajstić information content (AvgIpc) is 2.17. The molecule has 6 heteroatoms. The quantitative estimate of drug-likeness (QED) is 0.676. The maximum Gasteiger partial charge on any atom is 0.265 e. The van der Waals surface area contributed by atoms with Gasteiger partial charge in [0.15, 0.2) is 0 Å². The van der Waals surface area contributed by atoms with Gasteiger partial charge in [-0.15, -0.1) is 0 Å². The largest absolute Gasteiger partial charge is 0.506 e. The van der Waals surface area contributed by atoms with Gasteiger partial charge in [0.05, 0.1) is 18.0 Å². The van der Waals surface area contributed by atoms with Gasteiger partial charge in [-0.3, -0.25) is 0 Å². The first-order valence-electron chi connectivity index (χ1n) is 3.90. The molecular weight excluding hydrogens is 194 g/mol. The van der Waals surface area contributed by atoms with Crippen LogP contribution in [0.25, 0.3) is 0 Å². The lowest BCUT2D eigenvalue weighted by atomic mass is 10.1. The van der Waals surface area contributed by atoms with Crippen molar-refractivity contribution >= 4 is 0 Å². The van der Waals surface area contributed by atoms with Crippen LogP contribution in [0.4, 0.5) is 8.78 Å². The zero-order valence-corrected chi connectivity index (χ0v) is 7.24. The van der Waals surface area contributed by atoms with E-state index in [4.69, 9.17) is 10.8 Å². The molecule has 0 atom stereocenters. The Morgan fingerprint density at radius 3 is 2.50 bits per heavy atom. The van der Waals surface area contributed by atoms with Crippen LogP contribution in [0.15, 0.2) is 6.07 Å². The molecule has 14 heavy (non-hydrogen) atoms. The van der Waals surface area contributed by atoms with E-state index in [2.05, 4.69) is 4.98 Å². The van der Waals surface area contributed by atoms with Crippen molar-refractivity contribution in [3.05, 3.63) is 23.0 Å². The summed E-state index contributed by atoms with van der Waals surface area (Å²) in [7, 11) is 0. The highest BCUT2D eigenvalue weighted by Gasteiger charge is 2.16. The first-order valence-corrected chi connectivity index (χ1v) is 3.90. The summed E-state index contributed by atoms with van der Waals surface area (Å²) in [6.45, 7) is -0.671. The molecule has 0 aromatic carbocycles. The van der Waals surface area contributed by atoms with Crippen LogP contribution in [-0.2, 0) is 13.2 Å². The summed E-state index contributed by atoms with van der Waals surface area (Å²) in [5, 5.41) is 18.0. The van der Waals surface area contributed by atoms with Crippen LogP contribution >= 0.6 is 0 Å². The lowest BCUT2D eigenvalue weighted by molar-refractivity contribution is 0.145. The molecule has 0 saturated heterocycles. The molecule has 78 valence electrons. The predicted octanol–water partition coefficient (Wildman–Crippen LogP) is 0.676. The van der Waals surface area contributed by atoms with E-state index in [1.165, 1.54) is 0 Å². The van der Waals surface area contributed by atoms with Gasteiger partial charge in [0, 0.05) is 12.1 Å². The summed E-state index contributed by atoms with van der Waals surface area (Å²) >= 11 is 0. The molecule has 1 aromatic rings. The third-order valence-electron chi connectivity index (χ3n) is 1.77. The number of nitrogens with two attached hydrogens (primary N) is 1. The molecule has 1 rings (SSSR count). The molecule has 0 spiro atoms. The number of alkyl halides is 2. The number of rotatable bonds is 3. The minimum Gasteiger partial charge on any atom is -0.506 e. The van der Waals surface area contributed by atoms with Gasteiger partial charge in [0.25, 0.3) is 6.43 Å². The van der Waals surface area contributed by atoms with Crippen molar-refractivity contribution in [3.8, 4) is 5.75 Å². The predicted molar refractivity (Wildman–Crippen MR) is 44.7 cm³/mol. The Labute approximate surface area is 79.0 Å². The van der Waals surface area contributed by atoms with Crippen molar-refractivity contribution in [1.82, 2.24) is 4.98 Å². The Balaban J connectivity index is 3.24. The van der Waals surface area contributed by atoms with E-state index in [-0.39, 0.29) is 23.7 Å². The molecule has 0 radical (unpaired) electrons. The molecule has 0 unspecified atom stereocenters. The lowest BCUT2D eigenvalue weighted by Crippen LogP contribution is -2.06. The zero-order chi connectivity index (χ0) is 10.7. The second-order valence-corrected chi connectivity index (χ2v) is 2.65. The van der Waals surface area contributed by atoms with Crippen molar-refractivity contribution in [2.45, 2.75) is 19.6 Å². The van der Waals surface area contributed by atoms with Crippen LogP contribution < -0.4 is 5.73 Å². The summed E-state index contributed by atoms with van der Waals surface area (Å²) in [5.74, 6) is -0.375. The maximum absolute atomic E-state index is 12.3. The van der Waals surface area contributed by atoms with Crippen LogP contribution in [0, 0.1) is 0 Å². The summed E-state index contributed by atoms with van der Waals surface area (Å²) in [5.41, 5.74) is 4.68. The molecule has 1 heterocycles. The molecule has 0 saturated carbocycles. The summed E-state index contributed by atoms with van der Waals surface area (Å²) < 4.78 is 24.7. The topological polar surface area (TPSA) is 79.4 Å². The van der Waals surface area contributed by atoms with Gasteiger partial charge in [0.2, 0.25) is 0 Å². The SMILES string of the molecule is NCc1nc(CO)c(C(F)F)cc1O. The molecule has 0 fully saturated rings. The van der Waals surface area contributed by atoms with Crippen molar-refractivity contribution in [2.75, 3.05) is 0 Å². The number of halogens is 2. The van der Waals surface area contributed by atoms with Crippen molar-refractivity contribution in [2.24, 2.45) is 5.73 Å². The lowest BCUT2D eigenvalue weighted by Gasteiger charge is -2.09. The zero-order valence-electron chi connectivity index (χ0n) is 7.24. The van der Waals surface area contributed by atoms with E-state index in [0.29, 0.717) is 0 Å². The fraction of sp³-hybridized carbons (Fsp3) is 0.375. The van der Waals surface area contributed by atoms with Gasteiger partial charge in [-0.25, -0.2) is 13.8 Å². The number of hydrogen-bond donors (Lipinski definition) is 3. The second-order valence-electron chi connectivity index (χ2n) is 2.65. The van der Waals surface area contributed by atoms with E-state index >= 15 is 0 Å². The van der Waals surface area contributed by atoms with E-state index in [1.807, 2.05) is 0 Å². The van der Waals surface area contributed by atoms with Crippen LogP contribution in [-0.4, -0.2) is 15.2 Å². The average molecular weight is 204 g/mol. The Morgan fingerprint density at radius 1 is 1.43 bits per heavy atom. The summed E-state index contributed by atoms with van der Waals surface area (Å²) in [4.78, 5) is 3.63. The number of hydrogen-bond acceptors (Lipinski definition) is 4. The number of pyridine rings is 1. The monoisotopic (exact) mass is 204 g/mol. The first-order chi connectivity index (χ1) is 6.60. The van der Waals surface area contributed by atoms with Crippen molar-refractivity contribution in [3.63, 3.8) is 0 Å². The van der Waals surface area contributed by atoms with E-state index in [0.717, 1.165) is 6.07 Å². The number of nitrogens with zero attached hydrogens (tertiary/aromatic N) is 1. The molecule has 0 aliphatic carbocycles. The fourth-order valence-electron chi connectivity index (χ4n) is 1.06. The maximum atomic E-state index is 12.3.